The quantitative estimate of drug-likeness (QED) is 0.913. The molecular formula is C14H13FN2OS. The molecule has 3 nitrogen and oxygen atoms in total. The normalized spacial score (nSPS) is 13.7. The van der Waals surface area contributed by atoms with E-state index in [2.05, 4.69) is 11.1 Å². The average Bonchev–Trinajstić information content (AvgIpc) is 2.94. The van der Waals surface area contributed by atoms with Crippen LogP contribution in [0.4, 0.5) is 4.39 Å². The Kier molecular flexibility index (Phi) is 4.61. The van der Waals surface area contributed by atoms with Crippen LogP contribution in [-0.4, -0.2) is 16.7 Å². The van der Waals surface area contributed by atoms with Gasteiger partial charge in [-0.25, -0.2) is 4.39 Å². The van der Waals surface area contributed by atoms with Crippen molar-refractivity contribution in [3.05, 3.63) is 52.2 Å². The fraction of sp³-hybridized carbons (Fsp3) is 0.286. The monoisotopic (exact) mass is 276 g/mol. The van der Waals surface area contributed by atoms with Gasteiger partial charge in [-0.3, -0.25) is 4.98 Å². The number of nitrogens with zero attached hydrogens (tertiary/aromatic N) is 2. The van der Waals surface area contributed by atoms with Gasteiger partial charge in [0.2, 0.25) is 0 Å². The largest absolute Gasteiger partial charge is 0.396 e. The molecule has 0 aliphatic carbocycles. The highest BCUT2D eigenvalue weighted by Crippen LogP contribution is 2.37. The summed E-state index contributed by atoms with van der Waals surface area (Å²) in [6.07, 6.45) is 2.09. The van der Waals surface area contributed by atoms with Crippen molar-refractivity contribution in [2.45, 2.75) is 18.3 Å². The van der Waals surface area contributed by atoms with Crippen LogP contribution < -0.4 is 0 Å². The van der Waals surface area contributed by atoms with Gasteiger partial charge < -0.3 is 5.11 Å². The van der Waals surface area contributed by atoms with Crippen LogP contribution in [0.3, 0.4) is 0 Å². The summed E-state index contributed by atoms with van der Waals surface area (Å²) in [4.78, 5) is 4.88. The van der Waals surface area contributed by atoms with Crippen molar-refractivity contribution in [3.63, 3.8) is 0 Å². The van der Waals surface area contributed by atoms with Crippen LogP contribution in [-0.2, 0) is 0 Å². The summed E-state index contributed by atoms with van der Waals surface area (Å²) in [5, 5.41) is 18.6. The highest BCUT2D eigenvalue weighted by molar-refractivity contribution is 7.09. The lowest BCUT2D eigenvalue weighted by atomic mass is 9.84. The van der Waals surface area contributed by atoms with Gasteiger partial charge in [-0.2, -0.15) is 5.26 Å². The molecule has 0 fully saturated rings. The first-order valence-electron chi connectivity index (χ1n) is 5.91. The van der Waals surface area contributed by atoms with Gasteiger partial charge in [0.1, 0.15) is 5.82 Å². The van der Waals surface area contributed by atoms with Crippen molar-refractivity contribution < 1.29 is 9.50 Å². The van der Waals surface area contributed by atoms with Crippen LogP contribution in [0.2, 0.25) is 0 Å². The van der Waals surface area contributed by atoms with Crippen molar-refractivity contribution >= 4 is 11.3 Å². The van der Waals surface area contributed by atoms with Crippen LogP contribution in [0.5, 0.6) is 0 Å². The molecule has 1 heterocycles. The van der Waals surface area contributed by atoms with E-state index in [-0.39, 0.29) is 18.3 Å². The number of aliphatic hydroxyl groups is 1. The third-order valence-corrected chi connectivity index (χ3v) is 3.95. The van der Waals surface area contributed by atoms with Crippen LogP contribution in [0.15, 0.2) is 36.0 Å². The molecular weight excluding hydrogens is 263 g/mol. The zero-order valence-corrected chi connectivity index (χ0v) is 11.0. The predicted molar refractivity (Wildman–Crippen MR) is 71.3 cm³/mol. The lowest BCUT2D eigenvalue weighted by molar-refractivity contribution is 0.272. The second-order valence-electron chi connectivity index (χ2n) is 4.15. The van der Waals surface area contributed by atoms with Crippen LogP contribution >= 0.6 is 11.3 Å². The summed E-state index contributed by atoms with van der Waals surface area (Å²) in [5.41, 5.74) is 2.05. The van der Waals surface area contributed by atoms with Crippen LogP contribution in [0.1, 0.15) is 28.7 Å². The number of nitriles is 1. The summed E-state index contributed by atoms with van der Waals surface area (Å²) < 4.78 is 13.8. The highest BCUT2D eigenvalue weighted by Gasteiger charge is 2.27. The van der Waals surface area contributed by atoms with E-state index in [1.807, 2.05) is 0 Å². The number of hydrogen-bond acceptors (Lipinski definition) is 4. The summed E-state index contributed by atoms with van der Waals surface area (Å²) >= 11 is 1.42. The molecule has 0 aliphatic heterocycles. The molecule has 5 heteroatoms. The summed E-state index contributed by atoms with van der Waals surface area (Å²) in [6, 6.07) is 8.44. The van der Waals surface area contributed by atoms with Gasteiger partial charge in [-0.05, 0) is 12.5 Å². The fourth-order valence-electron chi connectivity index (χ4n) is 2.12. The van der Waals surface area contributed by atoms with Crippen LogP contribution in [0, 0.1) is 17.1 Å². The van der Waals surface area contributed by atoms with Crippen molar-refractivity contribution in [1.82, 2.24) is 4.98 Å². The van der Waals surface area contributed by atoms with Gasteiger partial charge in [0.15, 0.2) is 0 Å². The Morgan fingerprint density at radius 1 is 1.42 bits per heavy atom. The van der Waals surface area contributed by atoms with Gasteiger partial charge in [0.05, 0.1) is 17.5 Å². The van der Waals surface area contributed by atoms with Crippen molar-refractivity contribution in [2.75, 3.05) is 6.61 Å². The molecule has 2 atom stereocenters. The second-order valence-corrected chi connectivity index (χ2v) is 5.07. The molecule has 0 saturated carbocycles. The molecule has 0 amide bonds. The van der Waals surface area contributed by atoms with E-state index in [1.54, 1.807) is 29.9 Å². The van der Waals surface area contributed by atoms with Crippen LogP contribution in [0.25, 0.3) is 0 Å². The number of thiazole rings is 1. The second kappa shape index (κ2) is 6.41. The fourth-order valence-corrected chi connectivity index (χ4v) is 2.92. The minimum absolute atomic E-state index is 0.0464. The standard InChI is InChI=1S/C14H13FN2OS/c15-13-4-2-1-3-10(13)12(7-16)11(5-6-18)14-8-17-9-19-14/h1-4,8-9,11-12,18H,5-6H2/t11-,12-/m0/s1. The third kappa shape index (κ3) is 2.98. The van der Waals surface area contributed by atoms with Crippen molar-refractivity contribution in [3.8, 4) is 6.07 Å². The Bertz CT molecular complexity index is 565. The smallest absolute Gasteiger partial charge is 0.127 e. The minimum atomic E-state index is -0.617. The van der Waals surface area contributed by atoms with E-state index in [0.717, 1.165) is 4.88 Å². The predicted octanol–water partition coefficient (Wildman–Crippen LogP) is 3.06. The number of hydrogen-bond donors (Lipinski definition) is 1. The van der Waals surface area contributed by atoms with E-state index in [4.69, 9.17) is 0 Å². The Morgan fingerprint density at radius 3 is 2.79 bits per heavy atom. The average molecular weight is 276 g/mol. The number of aromatic nitrogens is 1. The zero-order chi connectivity index (χ0) is 13.7. The van der Waals surface area contributed by atoms with Gasteiger partial charge in [-0.1, -0.05) is 18.2 Å². The van der Waals surface area contributed by atoms with E-state index < -0.39 is 5.92 Å². The van der Waals surface area contributed by atoms with E-state index in [1.165, 1.54) is 17.4 Å². The van der Waals surface area contributed by atoms with Gasteiger partial charge in [0.25, 0.3) is 0 Å². The highest BCUT2D eigenvalue weighted by atomic mass is 32.1. The molecule has 0 aliphatic rings. The Morgan fingerprint density at radius 2 is 2.21 bits per heavy atom. The van der Waals surface area contributed by atoms with Crippen molar-refractivity contribution in [1.29, 1.82) is 5.26 Å². The molecule has 0 radical (unpaired) electrons. The SMILES string of the molecule is N#C[C@@H](c1ccccc1F)[C@H](CCO)c1cncs1. The molecule has 2 rings (SSSR count). The van der Waals surface area contributed by atoms with Gasteiger partial charge in [-0.15, -0.1) is 11.3 Å². The molecule has 0 bridgehead atoms. The molecule has 0 unspecified atom stereocenters. The number of halogens is 1. The number of aliphatic hydroxyl groups excluding tert-OH is 1. The maximum Gasteiger partial charge on any atom is 0.127 e. The number of benzene rings is 1. The Balaban J connectivity index is 2.39. The summed E-state index contributed by atoms with van der Waals surface area (Å²) in [7, 11) is 0. The first-order chi connectivity index (χ1) is 9.27. The number of rotatable bonds is 5. The first kappa shape index (κ1) is 13.7. The maximum absolute atomic E-state index is 13.8. The molecule has 1 aromatic heterocycles. The third-order valence-electron chi connectivity index (χ3n) is 3.04. The first-order valence-corrected chi connectivity index (χ1v) is 6.79. The minimum Gasteiger partial charge on any atom is -0.396 e. The van der Waals surface area contributed by atoms with Gasteiger partial charge >= 0.3 is 0 Å². The molecule has 2 aromatic rings. The van der Waals surface area contributed by atoms with E-state index >= 15 is 0 Å². The summed E-state index contributed by atoms with van der Waals surface area (Å²) in [6.45, 7) is -0.0464. The van der Waals surface area contributed by atoms with E-state index in [0.29, 0.717) is 12.0 Å². The zero-order valence-electron chi connectivity index (χ0n) is 10.2. The molecule has 0 saturated heterocycles. The summed E-state index contributed by atoms with van der Waals surface area (Å²) in [5.74, 6) is -1.24. The van der Waals surface area contributed by atoms with E-state index in [9.17, 15) is 14.8 Å². The Labute approximate surface area is 115 Å². The topological polar surface area (TPSA) is 56.9 Å². The lowest BCUT2D eigenvalue weighted by Crippen LogP contribution is -2.12. The Hall–Kier alpha value is -1.77. The van der Waals surface area contributed by atoms with Gasteiger partial charge in [0, 0.05) is 29.2 Å². The molecule has 1 N–H and O–H groups in total. The maximum atomic E-state index is 13.8. The van der Waals surface area contributed by atoms with Crippen molar-refractivity contribution in [2.24, 2.45) is 0 Å². The molecule has 1 aromatic carbocycles. The molecule has 19 heavy (non-hydrogen) atoms. The molecule has 98 valence electrons. The molecule has 0 spiro atoms. The lowest BCUT2D eigenvalue weighted by Gasteiger charge is -2.20.